The molecule has 1 aromatic rings. The molecule has 13 heteroatoms. The fourth-order valence-electron chi connectivity index (χ4n) is 2.15. The minimum absolute atomic E-state index is 0.0374. The van der Waals surface area contributed by atoms with Gasteiger partial charge in [-0.2, -0.15) is 0 Å². The summed E-state index contributed by atoms with van der Waals surface area (Å²) in [5.74, 6) is -1.50. The monoisotopic (exact) mass is 449 g/mol. The highest BCUT2D eigenvalue weighted by atomic mass is 32.2. The number of aliphatic hydroxyl groups excluding tert-OH is 1. The second kappa shape index (κ2) is 11.7. The molecule has 2 atom stereocenters. The van der Waals surface area contributed by atoms with Gasteiger partial charge in [-0.15, -0.1) is 11.3 Å². The van der Waals surface area contributed by atoms with Gasteiger partial charge in [-0.05, 0) is 25.5 Å². The Labute approximate surface area is 173 Å². The molecule has 2 amide bonds. The Morgan fingerprint density at radius 3 is 2.59 bits per heavy atom. The average Bonchev–Trinajstić information content (AvgIpc) is 3.16. The number of sulfonamides is 1. The molecule has 1 rings (SSSR count). The maximum atomic E-state index is 12.2. The number of oxime groups is 1. The fraction of sp³-hybridized carbons (Fsp3) is 0.562. The number of amides is 2. The number of thiophene rings is 1. The number of amidine groups is 1. The molecule has 0 saturated carbocycles. The fourth-order valence-corrected chi connectivity index (χ4v) is 4.40. The van der Waals surface area contributed by atoms with E-state index in [-0.39, 0.29) is 18.1 Å². The summed E-state index contributed by atoms with van der Waals surface area (Å²) in [6.45, 7) is 2.69. The number of hydrogen-bond donors (Lipinski definition) is 6. The summed E-state index contributed by atoms with van der Waals surface area (Å²) in [6, 6.07) is 1.00. The Balaban J connectivity index is 2.57. The number of hydrogen-bond acceptors (Lipinski definition) is 8. The first-order valence-electron chi connectivity index (χ1n) is 8.89. The molecule has 29 heavy (non-hydrogen) atoms. The molecular formula is C16H27N5O6S2. The largest absolute Gasteiger partial charge is 0.409 e. The number of aliphatic hydroxyl groups is 1. The minimum Gasteiger partial charge on any atom is -0.409 e. The zero-order valence-electron chi connectivity index (χ0n) is 16.2. The van der Waals surface area contributed by atoms with E-state index in [4.69, 9.17) is 10.9 Å². The van der Waals surface area contributed by atoms with Crippen LogP contribution >= 0.6 is 11.3 Å². The summed E-state index contributed by atoms with van der Waals surface area (Å²) in [6.07, 6.45) is 1.09. The van der Waals surface area contributed by atoms with Gasteiger partial charge in [0.2, 0.25) is 21.8 Å². The molecule has 0 radical (unpaired) electrons. The van der Waals surface area contributed by atoms with Crippen molar-refractivity contribution in [2.75, 3.05) is 12.4 Å². The van der Waals surface area contributed by atoms with Gasteiger partial charge in [0.15, 0.2) is 5.84 Å². The van der Waals surface area contributed by atoms with Crippen LogP contribution in [0.2, 0.25) is 0 Å². The van der Waals surface area contributed by atoms with Crippen LogP contribution in [0.3, 0.4) is 0 Å². The molecule has 1 heterocycles. The highest BCUT2D eigenvalue weighted by Gasteiger charge is 2.26. The van der Waals surface area contributed by atoms with Crippen LogP contribution in [-0.4, -0.2) is 60.8 Å². The van der Waals surface area contributed by atoms with Crippen LogP contribution in [0, 0.1) is 0 Å². The Kier molecular flexibility index (Phi) is 10.0. The van der Waals surface area contributed by atoms with Crippen LogP contribution in [0.1, 0.15) is 36.4 Å². The van der Waals surface area contributed by atoms with Crippen LogP contribution in [0.4, 0.5) is 0 Å². The molecule has 0 fully saturated rings. The van der Waals surface area contributed by atoms with E-state index in [0.29, 0.717) is 17.7 Å². The topological polar surface area (TPSA) is 183 Å². The van der Waals surface area contributed by atoms with Crippen LogP contribution < -0.4 is 21.1 Å². The van der Waals surface area contributed by atoms with Crippen molar-refractivity contribution in [1.29, 1.82) is 0 Å². The molecule has 7 N–H and O–H groups in total. The molecule has 0 aromatic carbocycles. The average molecular weight is 450 g/mol. The van der Waals surface area contributed by atoms with Gasteiger partial charge in [0.05, 0.1) is 23.8 Å². The number of unbranched alkanes of at least 4 members (excludes halogenated alkanes) is 1. The second-order valence-electron chi connectivity index (χ2n) is 6.22. The summed E-state index contributed by atoms with van der Waals surface area (Å²) in [7, 11) is -3.72. The van der Waals surface area contributed by atoms with Crippen LogP contribution in [-0.2, 0) is 26.2 Å². The summed E-state index contributed by atoms with van der Waals surface area (Å²) < 4.78 is 25.9. The van der Waals surface area contributed by atoms with Crippen molar-refractivity contribution >= 4 is 39.0 Å². The Morgan fingerprint density at radius 2 is 2.00 bits per heavy atom. The molecule has 0 bridgehead atoms. The summed E-state index contributed by atoms with van der Waals surface area (Å²) in [5.41, 5.74) is 5.49. The molecule has 0 spiro atoms. The van der Waals surface area contributed by atoms with Crippen molar-refractivity contribution in [2.24, 2.45) is 10.9 Å². The van der Waals surface area contributed by atoms with Gasteiger partial charge < -0.3 is 26.7 Å². The zero-order valence-corrected chi connectivity index (χ0v) is 17.8. The quantitative estimate of drug-likeness (QED) is 0.103. The normalized spacial score (nSPS) is 14.2. The molecule has 2 unspecified atom stereocenters. The van der Waals surface area contributed by atoms with Crippen molar-refractivity contribution in [2.45, 2.75) is 45.3 Å². The number of carbonyl (C=O) groups is 2. The molecule has 11 nitrogen and oxygen atoms in total. The van der Waals surface area contributed by atoms with Crippen LogP contribution in [0.25, 0.3) is 0 Å². The highest BCUT2D eigenvalue weighted by Crippen LogP contribution is 2.15. The molecule has 0 aliphatic heterocycles. The first-order valence-corrected chi connectivity index (χ1v) is 11.4. The van der Waals surface area contributed by atoms with Gasteiger partial charge >= 0.3 is 0 Å². The summed E-state index contributed by atoms with van der Waals surface area (Å²) >= 11 is 1.23. The van der Waals surface area contributed by atoms with E-state index < -0.39 is 40.5 Å². The Morgan fingerprint density at radius 1 is 1.31 bits per heavy atom. The van der Waals surface area contributed by atoms with Gasteiger partial charge in [-0.25, -0.2) is 13.1 Å². The molecule has 0 aliphatic carbocycles. The first-order chi connectivity index (χ1) is 13.6. The second-order valence-corrected chi connectivity index (χ2v) is 9.27. The number of nitrogens with one attached hydrogen (secondary N) is 3. The van der Waals surface area contributed by atoms with E-state index in [9.17, 15) is 23.1 Å². The SMILES string of the molecule is CCCCS(=O)(=O)NC(CO)C(=O)NC(C)C(=O)NCc1ccc(C(N)=NO)s1. The van der Waals surface area contributed by atoms with E-state index in [1.54, 1.807) is 12.1 Å². The first kappa shape index (κ1) is 24.8. The predicted molar refractivity (Wildman–Crippen MR) is 109 cm³/mol. The predicted octanol–water partition coefficient (Wildman–Crippen LogP) is -0.956. The van der Waals surface area contributed by atoms with Crippen LogP contribution in [0.5, 0.6) is 0 Å². The van der Waals surface area contributed by atoms with E-state index in [2.05, 4.69) is 20.5 Å². The standard InChI is InChI=1S/C16H27N5O6S2/c1-3-4-7-29(26,27)21-12(9-22)16(24)19-10(2)15(23)18-8-11-5-6-13(28-11)14(17)20-25/h5-6,10,12,21-22,25H,3-4,7-9H2,1-2H3,(H2,17,20)(H,18,23)(H,19,24). The lowest BCUT2D eigenvalue weighted by Gasteiger charge is -2.19. The lowest BCUT2D eigenvalue weighted by Crippen LogP contribution is -2.54. The van der Waals surface area contributed by atoms with Crippen molar-refractivity contribution in [3.05, 3.63) is 21.9 Å². The number of nitrogens with zero attached hydrogens (tertiary/aromatic N) is 1. The highest BCUT2D eigenvalue weighted by molar-refractivity contribution is 7.89. The lowest BCUT2D eigenvalue weighted by molar-refractivity contribution is -0.130. The van der Waals surface area contributed by atoms with Gasteiger partial charge in [0.1, 0.15) is 12.1 Å². The van der Waals surface area contributed by atoms with E-state index >= 15 is 0 Å². The van der Waals surface area contributed by atoms with Crippen LogP contribution in [0.15, 0.2) is 17.3 Å². The van der Waals surface area contributed by atoms with E-state index in [1.807, 2.05) is 6.92 Å². The Bertz CT molecular complexity index is 824. The Hall–Kier alpha value is -2.22. The molecular weight excluding hydrogens is 422 g/mol. The summed E-state index contributed by atoms with van der Waals surface area (Å²) in [5, 5.41) is 25.9. The van der Waals surface area contributed by atoms with Gasteiger partial charge in [-0.1, -0.05) is 18.5 Å². The van der Waals surface area contributed by atoms with Gasteiger partial charge in [0.25, 0.3) is 0 Å². The third kappa shape index (κ3) is 8.35. The number of rotatable bonds is 12. The lowest BCUT2D eigenvalue weighted by atomic mass is 10.2. The molecule has 164 valence electrons. The van der Waals surface area contributed by atoms with E-state index in [0.717, 1.165) is 4.88 Å². The maximum absolute atomic E-state index is 12.2. The van der Waals surface area contributed by atoms with E-state index in [1.165, 1.54) is 18.3 Å². The third-order valence-corrected chi connectivity index (χ3v) is 6.38. The zero-order chi connectivity index (χ0) is 22.0. The van der Waals surface area contributed by atoms with Gasteiger partial charge in [0, 0.05) is 4.88 Å². The maximum Gasteiger partial charge on any atom is 0.242 e. The van der Waals surface area contributed by atoms with Crippen molar-refractivity contribution in [3.8, 4) is 0 Å². The smallest absolute Gasteiger partial charge is 0.242 e. The van der Waals surface area contributed by atoms with Crippen molar-refractivity contribution < 1.29 is 28.3 Å². The van der Waals surface area contributed by atoms with Crippen molar-refractivity contribution in [3.63, 3.8) is 0 Å². The van der Waals surface area contributed by atoms with Crippen molar-refractivity contribution in [1.82, 2.24) is 15.4 Å². The van der Waals surface area contributed by atoms with Gasteiger partial charge in [-0.3, -0.25) is 9.59 Å². The third-order valence-electron chi connectivity index (χ3n) is 3.80. The molecule has 0 saturated heterocycles. The molecule has 0 aliphatic rings. The molecule has 1 aromatic heterocycles. The number of carbonyl (C=O) groups excluding carboxylic acids is 2. The number of nitrogens with two attached hydrogens (primary N) is 1. The minimum atomic E-state index is -3.72. The summed E-state index contributed by atoms with van der Waals surface area (Å²) in [4.78, 5) is 25.7.